The van der Waals surface area contributed by atoms with Crippen LogP contribution in [0.25, 0.3) is 0 Å². The van der Waals surface area contributed by atoms with Crippen molar-refractivity contribution in [1.29, 1.82) is 5.26 Å². The van der Waals surface area contributed by atoms with Crippen LogP contribution in [0, 0.1) is 18.3 Å². The summed E-state index contributed by atoms with van der Waals surface area (Å²) in [4.78, 5) is 0. The summed E-state index contributed by atoms with van der Waals surface area (Å²) in [6.45, 7) is 10.2. The van der Waals surface area contributed by atoms with E-state index < -0.39 is 5.54 Å². The molecule has 2 heteroatoms. The number of hydrogen-bond acceptors (Lipinski definition) is 2. The molecule has 1 rings (SSSR count). The molecule has 0 fully saturated rings. The lowest BCUT2D eigenvalue weighted by Gasteiger charge is -2.24. The highest BCUT2D eigenvalue weighted by Crippen LogP contribution is 2.29. The van der Waals surface area contributed by atoms with E-state index in [4.69, 9.17) is 5.26 Å². The molecule has 86 valence electrons. The lowest BCUT2D eigenvalue weighted by Crippen LogP contribution is -2.29. The Hall–Kier alpha value is -1.49. The van der Waals surface area contributed by atoms with Crippen LogP contribution < -0.4 is 5.32 Å². The van der Waals surface area contributed by atoms with Gasteiger partial charge in [-0.15, -0.1) is 0 Å². The molecule has 0 aliphatic heterocycles. The first kappa shape index (κ1) is 12.6. The molecule has 0 heterocycles. The first-order valence-corrected chi connectivity index (χ1v) is 5.66. The smallest absolute Gasteiger partial charge is 0.119 e. The van der Waals surface area contributed by atoms with Crippen molar-refractivity contribution in [1.82, 2.24) is 0 Å². The van der Waals surface area contributed by atoms with Crippen molar-refractivity contribution >= 4 is 5.69 Å². The van der Waals surface area contributed by atoms with E-state index in [1.807, 2.05) is 13.8 Å². The summed E-state index contributed by atoms with van der Waals surface area (Å²) in [5.41, 5.74) is 3.03. The van der Waals surface area contributed by atoms with Gasteiger partial charge >= 0.3 is 0 Å². The van der Waals surface area contributed by atoms with Gasteiger partial charge in [-0.2, -0.15) is 5.26 Å². The number of para-hydroxylation sites is 1. The third kappa shape index (κ3) is 2.76. The minimum Gasteiger partial charge on any atom is -0.367 e. The van der Waals surface area contributed by atoms with Crippen LogP contribution in [-0.4, -0.2) is 5.54 Å². The van der Waals surface area contributed by atoms with Crippen LogP contribution >= 0.6 is 0 Å². The van der Waals surface area contributed by atoms with E-state index in [-0.39, 0.29) is 0 Å². The molecule has 0 aliphatic rings. The second kappa shape index (κ2) is 4.57. The Bertz CT molecular complexity index is 411. The topological polar surface area (TPSA) is 35.8 Å². The van der Waals surface area contributed by atoms with Crippen molar-refractivity contribution < 1.29 is 0 Å². The highest BCUT2D eigenvalue weighted by molar-refractivity contribution is 5.60. The average Bonchev–Trinajstić information content (AvgIpc) is 2.20. The molecule has 0 unspecified atom stereocenters. The number of nitrogens with one attached hydrogen (secondary N) is 1. The zero-order valence-electron chi connectivity index (χ0n) is 10.8. The van der Waals surface area contributed by atoms with Crippen molar-refractivity contribution in [2.45, 2.75) is 46.1 Å². The largest absolute Gasteiger partial charge is 0.367 e. The zero-order valence-corrected chi connectivity index (χ0v) is 10.8. The third-order valence-electron chi connectivity index (χ3n) is 2.64. The van der Waals surface area contributed by atoms with Crippen molar-refractivity contribution in [2.24, 2.45) is 0 Å². The number of hydrogen-bond donors (Lipinski definition) is 1. The second-order valence-electron chi connectivity index (χ2n) is 5.06. The van der Waals surface area contributed by atoms with Crippen LogP contribution in [0.1, 0.15) is 44.7 Å². The zero-order chi connectivity index (χ0) is 12.3. The molecule has 0 saturated carbocycles. The van der Waals surface area contributed by atoms with E-state index in [0.29, 0.717) is 5.92 Å². The molecule has 2 nitrogen and oxygen atoms in total. The van der Waals surface area contributed by atoms with Gasteiger partial charge in [0.1, 0.15) is 5.54 Å². The molecule has 0 saturated heterocycles. The molecule has 0 amide bonds. The van der Waals surface area contributed by atoms with E-state index in [2.05, 4.69) is 50.4 Å². The Morgan fingerprint density at radius 3 is 2.44 bits per heavy atom. The van der Waals surface area contributed by atoms with E-state index >= 15 is 0 Å². The van der Waals surface area contributed by atoms with Crippen molar-refractivity contribution in [3.05, 3.63) is 29.3 Å². The van der Waals surface area contributed by atoms with E-state index in [9.17, 15) is 0 Å². The van der Waals surface area contributed by atoms with Crippen molar-refractivity contribution in [3.63, 3.8) is 0 Å². The minimum atomic E-state index is -0.532. The van der Waals surface area contributed by atoms with Crippen LogP contribution in [0.4, 0.5) is 5.69 Å². The van der Waals surface area contributed by atoms with Crippen LogP contribution in [-0.2, 0) is 0 Å². The van der Waals surface area contributed by atoms with Crippen LogP contribution in [0.2, 0.25) is 0 Å². The maximum absolute atomic E-state index is 9.06. The SMILES string of the molecule is Cc1cccc(C(C)C)c1NC(C)(C)C#N. The Labute approximate surface area is 98.3 Å². The summed E-state index contributed by atoms with van der Waals surface area (Å²) in [7, 11) is 0. The monoisotopic (exact) mass is 216 g/mol. The van der Waals surface area contributed by atoms with Crippen molar-refractivity contribution in [3.8, 4) is 6.07 Å². The van der Waals surface area contributed by atoms with Gasteiger partial charge in [-0.25, -0.2) is 0 Å². The van der Waals surface area contributed by atoms with Crippen LogP contribution in [0.3, 0.4) is 0 Å². The molecule has 0 aliphatic carbocycles. The van der Waals surface area contributed by atoms with Gasteiger partial charge in [-0.3, -0.25) is 0 Å². The Morgan fingerprint density at radius 2 is 1.94 bits per heavy atom. The fraction of sp³-hybridized carbons (Fsp3) is 0.500. The first-order valence-electron chi connectivity index (χ1n) is 5.66. The number of rotatable bonds is 3. The molecular formula is C14H20N2. The van der Waals surface area contributed by atoms with Gasteiger partial charge < -0.3 is 5.32 Å². The predicted molar refractivity (Wildman–Crippen MR) is 68.6 cm³/mol. The van der Waals surface area contributed by atoms with Crippen molar-refractivity contribution in [2.75, 3.05) is 5.32 Å². The third-order valence-corrected chi connectivity index (χ3v) is 2.64. The van der Waals surface area contributed by atoms with Gasteiger partial charge in [0.25, 0.3) is 0 Å². The van der Waals surface area contributed by atoms with Gasteiger partial charge in [0.2, 0.25) is 0 Å². The number of nitriles is 1. The summed E-state index contributed by atoms with van der Waals surface area (Å²) in [6.07, 6.45) is 0. The number of nitrogens with zero attached hydrogens (tertiary/aromatic N) is 1. The standard InChI is InChI=1S/C14H20N2/c1-10(2)12-8-6-7-11(3)13(12)16-14(4,5)9-15/h6-8,10,16H,1-5H3. The van der Waals surface area contributed by atoms with Gasteiger partial charge in [0, 0.05) is 5.69 Å². The molecule has 1 aromatic rings. The summed E-state index contributed by atoms with van der Waals surface area (Å²) in [5, 5.41) is 12.4. The summed E-state index contributed by atoms with van der Waals surface area (Å²) < 4.78 is 0. The van der Waals surface area contributed by atoms with E-state index in [1.165, 1.54) is 11.1 Å². The molecular weight excluding hydrogens is 196 g/mol. The maximum Gasteiger partial charge on any atom is 0.119 e. The van der Waals surface area contributed by atoms with Gasteiger partial charge in [-0.1, -0.05) is 32.0 Å². The van der Waals surface area contributed by atoms with Gasteiger partial charge in [0.15, 0.2) is 0 Å². The molecule has 0 spiro atoms. The highest BCUT2D eigenvalue weighted by Gasteiger charge is 2.19. The molecule has 1 N–H and O–H groups in total. The molecule has 16 heavy (non-hydrogen) atoms. The molecule has 0 bridgehead atoms. The van der Waals surface area contributed by atoms with E-state index in [0.717, 1.165) is 5.69 Å². The molecule has 0 radical (unpaired) electrons. The highest BCUT2D eigenvalue weighted by atomic mass is 15.0. The van der Waals surface area contributed by atoms with Crippen LogP contribution in [0.15, 0.2) is 18.2 Å². The molecule has 0 atom stereocenters. The number of aryl methyl sites for hydroxylation is 1. The fourth-order valence-electron chi connectivity index (χ4n) is 1.68. The molecule has 0 aromatic heterocycles. The molecule has 1 aromatic carbocycles. The van der Waals surface area contributed by atoms with Gasteiger partial charge in [0.05, 0.1) is 6.07 Å². The normalized spacial score (nSPS) is 11.3. The van der Waals surface area contributed by atoms with Gasteiger partial charge in [-0.05, 0) is 37.8 Å². The lowest BCUT2D eigenvalue weighted by molar-refractivity contribution is 0.722. The van der Waals surface area contributed by atoms with E-state index in [1.54, 1.807) is 0 Å². The number of benzene rings is 1. The predicted octanol–water partition coefficient (Wildman–Crippen LogP) is 3.83. The average molecular weight is 216 g/mol. The first-order chi connectivity index (χ1) is 7.37. The summed E-state index contributed by atoms with van der Waals surface area (Å²) in [5.74, 6) is 0.455. The second-order valence-corrected chi connectivity index (χ2v) is 5.06. The Morgan fingerprint density at radius 1 is 1.31 bits per heavy atom. The summed E-state index contributed by atoms with van der Waals surface area (Å²) in [6, 6.07) is 8.53. The lowest BCUT2D eigenvalue weighted by atomic mass is 9.96. The summed E-state index contributed by atoms with van der Waals surface area (Å²) >= 11 is 0. The Kier molecular flexibility index (Phi) is 3.59. The quantitative estimate of drug-likeness (QED) is 0.833. The number of anilines is 1. The fourth-order valence-corrected chi connectivity index (χ4v) is 1.68. The minimum absolute atomic E-state index is 0.455. The Balaban J connectivity index is 3.17. The maximum atomic E-state index is 9.06. The van der Waals surface area contributed by atoms with Crippen LogP contribution in [0.5, 0.6) is 0 Å².